The van der Waals surface area contributed by atoms with Crippen LogP contribution in [0, 0.1) is 0 Å². The highest BCUT2D eigenvalue weighted by atomic mass is 16.5. The maximum Gasteiger partial charge on any atom is 0.333 e. The van der Waals surface area contributed by atoms with E-state index in [0.717, 1.165) is 144 Å². The number of para-hydroxylation sites is 1. The maximum absolute atomic E-state index is 14.5. The highest BCUT2D eigenvalue weighted by molar-refractivity contribution is 6.44. The average molecular weight is 1520 g/mol. The van der Waals surface area contributed by atoms with Crippen molar-refractivity contribution in [3.05, 3.63) is 300 Å². The summed E-state index contributed by atoms with van der Waals surface area (Å²) in [5.41, 5.74) is 9.99. The zero-order valence-electron chi connectivity index (χ0n) is 65.2. The number of hydrogen-bond donors (Lipinski definition) is 0. The number of carbonyl (C=O) groups is 8. The summed E-state index contributed by atoms with van der Waals surface area (Å²) in [6.07, 6.45) is 7.09. The lowest BCUT2D eigenvalue weighted by Gasteiger charge is -2.32. The SMILES string of the molecule is C=C(C)C(=O)OCCCCCN1C(=O)c2ccc3c4cccc5cccc(c6ccc(c2c36)C1=O)c54.C=CC(=O)OCCCCCN1C(=O)c2ccc3c4cccc5cccc(c6ccc(c2c36)C1=O)c54.C=Cc1ccc(-c2ccc3c4ccc5c6c(ccc(c7cccc2c73)c64)C(=O)N(c2c(C(C)C)cccc2C(C)C)C5=O)cc1. The van der Waals surface area contributed by atoms with Gasteiger partial charge in [-0.1, -0.05) is 235 Å². The van der Waals surface area contributed by atoms with Crippen LogP contribution in [0.15, 0.2) is 250 Å². The summed E-state index contributed by atoms with van der Waals surface area (Å²) >= 11 is 0. The number of imide groups is 3. The van der Waals surface area contributed by atoms with Crippen molar-refractivity contribution in [3.8, 4) is 11.1 Å². The smallest absolute Gasteiger partial charge is 0.333 e. The van der Waals surface area contributed by atoms with E-state index in [1.54, 1.807) is 6.92 Å². The summed E-state index contributed by atoms with van der Waals surface area (Å²) in [5, 5.41) is 25.5. The standard InChI is InChI=1S/C42H33NO2.C31H25NO4.C30H23NO4/c1-6-25-13-15-26(16-14-25)29-17-18-32-34-20-22-36-39-35(21-19-33(38(34)39)31-12-8-11-30(29)37(31)32)41(44)43(42(36)45)40-27(23(2)3)9-7-10-28(40)24(4)5;1-18(2)31(35)36-17-5-3-4-16-32-29(33)24-14-12-22-20-10-6-8-19-9-7-11-21(26(19)20)23-13-15-25(30(32)34)28(24)27(22)23;1-2-25(32)35-17-5-3-4-16-31-29(33)23-14-12-21-19-10-6-8-18-9-7-11-20(26(18)19)22-13-15-24(30(31)34)28(23)27(21)22/h6-24H,1H2,2-5H3;6-15H,1,3-5,16-17H2,2H3;2,6-15H,1,3-5,16-17H2. The highest BCUT2D eigenvalue weighted by Gasteiger charge is 2.40. The first-order chi connectivity index (χ1) is 56.4. The zero-order chi connectivity index (χ0) is 80.2. The number of benzene rings is 17. The second kappa shape index (κ2) is 29.3. The molecule has 0 atom stereocenters. The molecule has 3 heterocycles. The number of amides is 6. The summed E-state index contributed by atoms with van der Waals surface area (Å²) in [4.78, 5) is 110. The molecule has 0 radical (unpaired) electrons. The van der Waals surface area contributed by atoms with E-state index in [-0.39, 0.29) is 47.3 Å². The summed E-state index contributed by atoms with van der Waals surface area (Å²) in [6, 6.07) is 74.2. The number of rotatable bonds is 19. The number of carbonyl (C=O) groups excluding carboxylic acids is 8. The predicted molar refractivity (Wildman–Crippen MR) is 470 cm³/mol. The van der Waals surface area contributed by atoms with Crippen molar-refractivity contribution >= 4 is 188 Å². The molecule has 13 nitrogen and oxygen atoms in total. The van der Waals surface area contributed by atoms with E-state index < -0.39 is 11.9 Å². The van der Waals surface area contributed by atoms with Crippen LogP contribution in [0.5, 0.6) is 0 Å². The monoisotopic (exact) mass is 1520 g/mol. The van der Waals surface area contributed by atoms with Gasteiger partial charge in [0, 0.05) is 74.3 Å². The number of anilines is 1. The highest BCUT2D eigenvalue weighted by Crippen LogP contribution is 2.50. The fourth-order valence-corrected chi connectivity index (χ4v) is 18.5. The van der Waals surface area contributed by atoms with Crippen molar-refractivity contribution in [2.75, 3.05) is 31.2 Å². The molecule has 0 N–H and O–H groups in total. The Bertz CT molecular complexity index is 6830. The molecule has 3 aliphatic rings. The van der Waals surface area contributed by atoms with Gasteiger partial charge in [0.05, 0.1) is 18.9 Å². The van der Waals surface area contributed by atoms with Gasteiger partial charge in [-0.15, -0.1) is 0 Å². The molecular weight excluding hydrogens is 1440 g/mol. The van der Waals surface area contributed by atoms with Crippen LogP contribution < -0.4 is 4.90 Å². The van der Waals surface area contributed by atoms with Crippen LogP contribution in [0.4, 0.5) is 5.69 Å². The summed E-state index contributed by atoms with van der Waals surface area (Å²) in [7, 11) is 0. The Kier molecular flexibility index (Phi) is 18.6. The molecule has 0 bridgehead atoms. The van der Waals surface area contributed by atoms with Crippen LogP contribution >= 0.6 is 0 Å². The Morgan fingerprint density at radius 3 is 1.04 bits per heavy atom. The first-order valence-electron chi connectivity index (χ1n) is 39.9. The van der Waals surface area contributed by atoms with Crippen molar-refractivity contribution in [3.63, 3.8) is 0 Å². The van der Waals surface area contributed by atoms with Gasteiger partial charge in [-0.05, 0) is 235 Å². The molecule has 116 heavy (non-hydrogen) atoms. The maximum atomic E-state index is 14.5. The topological polar surface area (TPSA) is 165 Å². The van der Waals surface area contributed by atoms with Crippen LogP contribution in [0.1, 0.15) is 164 Å². The number of fused-ring (bicyclic) bond motifs is 6. The van der Waals surface area contributed by atoms with E-state index in [1.807, 2.05) is 84.9 Å². The third-order valence-corrected chi connectivity index (χ3v) is 23.9. The minimum absolute atomic E-state index is 0.151. The van der Waals surface area contributed by atoms with E-state index >= 15 is 0 Å². The van der Waals surface area contributed by atoms with Gasteiger partial charge < -0.3 is 9.47 Å². The van der Waals surface area contributed by atoms with Gasteiger partial charge in [-0.2, -0.15) is 0 Å². The molecule has 0 saturated carbocycles. The van der Waals surface area contributed by atoms with Gasteiger partial charge >= 0.3 is 11.9 Å². The molecule has 0 spiro atoms. The molecule has 0 fully saturated rings. The average Bonchev–Trinajstić information content (AvgIpc) is 0.731. The van der Waals surface area contributed by atoms with Crippen LogP contribution in [-0.4, -0.2) is 83.5 Å². The molecule has 3 aliphatic heterocycles. The first-order valence-corrected chi connectivity index (χ1v) is 39.9. The Labute approximate surface area is 669 Å². The first kappa shape index (κ1) is 73.7. The number of esters is 2. The lowest BCUT2D eigenvalue weighted by atomic mass is 9.83. The second-order valence-corrected chi connectivity index (χ2v) is 31.3. The van der Waals surface area contributed by atoms with E-state index in [2.05, 4.69) is 187 Å². The van der Waals surface area contributed by atoms with Crippen molar-refractivity contribution in [1.29, 1.82) is 0 Å². The molecule has 20 rings (SSSR count). The van der Waals surface area contributed by atoms with E-state index in [0.29, 0.717) is 90.9 Å². The number of ether oxygens (including phenoxy) is 2. The van der Waals surface area contributed by atoms with Gasteiger partial charge in [0.25, 0.3) is 35.4 Å². The molecular formula is C103H81N3O10. The van der Waals surface area contributed by atoms with Crippen molar-refractivity contribution in [1.82, 2.24) is 9.80 Å². The van der Waals surface area contributed by atoms with Crippen molar-refractivity contribution < 1.29 is 47.8 Å². The third kappa shape index (κ3) is 11.8. The van der Waals surface area contributed by atoms with Gasteiger partial charge in [-0.3, -0.25) is 38.6 Å². The van der Waals surface area contributed by atoms with Gasteiger partial charge in [0.15, 0.2) is 0 Å². The summed E-state index contributed by atoms with van der Waals surface area (Å²) in [5.74, 6) is -2.04. The van der Waals surface area contributed by atoms with E-state index in [1.165, 1.54) is 52.6 Å². The van der Waals surface area contributed by atoms with Crippen molar-refractivity contribution in [2.24, 2.45) is 0 Å². The lowest BCUT2D eigenvalue weighted by molar-refractivity contribution is -0.139. The number of nitrogens with zero attached hydrogens (tertiary/aromatic N) is 3. The fourth-order valence-electron chi connectivity index (χ4n) is 18.5. The molecule has 17 aromatic carbocycles. The summed E-state index contributed by atoms with van der Waals surface area (Å²) in [6.45, 7) is 22.2. The van der Waals surface area contributed by atoms with E-state index in [4.69, 9.17) is 9.47 Å². The van der Waals surface area contributed by atoms with Gasteiger partial charge in [0.2, 0.25) is 0 Å². The predicted octanol–water partition coefficient (Wildman–Crippen LogP) is 24.0. The minimum Gasteiger partial charge on any atom is -0.463 e. The molecule has 17 aromatic rings. The normalized spacial score (nSPS) is 13.4. The Balaban J connectivity index is 0.000000122. The number of unbranched alkanes of at least 4 members (excludes halogenated alkanes) is 4. The molecule has 0 aliphatic carbocycles. The van der Waals surface area contributed by atoms with Gasteiger partial charge in [0.1, 0.15) is 0 Å². The van der Waals surface area contributed by atoms with Crippen LogP contribution in [0.25, 0.3) is 146 Å². The quantitative estimate of drug-likeness (QED) is 0.0190. The fraction of sp³-hybridized carbons (Fsp3) is 0.165. The minimum atomic E-state index is -0.443. The van der Waals surface area contributed by atoms with Gasteiger partial charge in [-0.25, -0.2) is 14.5 Å². The molecule has 568 valence electrons. The number of hydrogen-bond acceptors (Lipinski definition) is 10. The Morgan fingerprint density at radius 2 is 0.672 bits per heavy atom. The second-order valence-electron chi connectivity index (χ2n) is 31.3. The van der Waals surface area contributed by atoms with Crippen LogP contribution in [0.2, 0.25) is 0 Å². The molecule has 13 heteroatoms. The Morgan fingerprint density at radius 1 is 0.345 bits per heavy atom. The lowest BCUT2D eigenvalue weighted by Crippen LogP contribution is -2.41. The third-order valence-electron chi connectivity index (χ3n) is 23.9. The largest absolute Gasteiger partial charge is 0.463 e. The molecule has 0 saturated heterocycles. The molecule has 6 amide bonds. The van der Waals surface area contributed by atoms with Crippen molar-refractivity contribution in [2.45, 2.75) is 85.0 Å². The van der Waals surface area contributed by atoms with E-state index in [9.17, 15) is 38.4 Å². The van der Waals surface area contributed by atoms with Crippen LogP contribution in [-0.2, 0) is 19.1 Å². The molecule has 0 unspecified atom stereocenters. The van der Waals surface area contributed by atoms with Crippen LogP contribution in [0.3, 0.4) is 0 Å². The summed E-state index contributed by atoms with van der Waals surface area (Å²) < 4.78 is 10.1. The Hall–Kier alpha value is -13.8. The zero-order valence-corrected chi connectivity index (χ0v) is 65.2. The molecule has 0 aromatic heterocycles.